The van der Waals surface area contributed by atoms with Crippen LogP contribution in [-0.4, -0.2) is 11.6 Å². The maximum absolute atomic E-state index is 5.79. The second kappa shape index (κ2) is 5.40. The molecule has 0 saturated carbocycles. The summed E-state index contributed by atoms with van der Waals surface area (Å²) in [6, 6.07) is 8.13. The third kappa shape index (κ3) is 3.02. The summed E-state index contributed by atoms with van der Waals surface area (Å²) in [6.07, 6.45) is 1.85. The highest BCUT2D eigenvalue weighted by molar-refractivity contribution is 6.29. The van der Waals surface area contributed by atoms with E-state index >= 15 is 0 Å². The molecule has 0 aliphatic carbocycles. The minimum atomic E-state index is 0.474. The molecule has 0 radical (unpaired) electrons. The molecule has 1 heterocycles. The van der Waals surface area contributed by atoms with Gasteiger partial charge in [-0.05, 0) is 39.0 Å². The smallest absolute Gasteiger partial charge is 0.130 e. The number of hydrogen-bond donors (Lipinski definition) is 0. The van der Waals surface area contributed by atoms with Gasteiger partial charge in [0, 0.05) is 22.2 Å². The molecule has 0 amide bonds. The predicted molar refractivity (Wildman–Crippen MR) is 76.3 cm³/mol. The summed E-state index contributed by atoms with van der Waals surface area (Å²) in [7, 11) is 0. The lowest BCUT2D eigenvalue weighted by Crippen LogP contribution is -1.97. The Hall–Kier alpha value is -1.54. The first-order valence-corrected chi connectivity index (χ1v) is 6.27. The SMILES string of the molecule is CC(Cl)=CCOc1cc(C)nc2ccc(C)cc12. The molecule has 2 aromatic rings. The van der Waals surface area contributed by atoms with Crippen LogP contribution in [0.3, 0.4) is 0 Å². The number of benzene rings is 1. The number of allylic oxidation sites excluding steroid dienone is 1. The van der Waals surface area contributed by atoms with Crippen molar-refractivity contribution in [2.75, 3.05) is 6.61 Å². The molecule has 2 nitrogen and oxygen atoms in total. The molecule has 2 rings (SSSR count). The Labute approximate surface area is 112 Å². The number of halogens is 1. The van der Waals surface area contributed by atoms with E-state index in [1.54, 1.807) is 0 Å². The number of fused-ring (bicyclic) bond motifs is 1. The second-order valence-corrected chi connectivity index (χ2v) is 4.98. The van der Waals surface area contributed by atoms with E-state index in [9.17, 15) is 0 Å². The van der Waals surface area contributed by atoms with E-state index in [0.29, 0.717) is 6.61 Å². The quantitative estimate of drug-likeness (QED) is 0.818. The molecule has 3 heteroatoms. The van der Waals surface area contributed by atoms with Crippen LogP contribution in [0.1, 0.15) is 18.2 Å². The van der Waals surface area contributed by atoms with Gasteiger partial charge in [-0.15, -0.1) is 0 Å². The van der Waals surface area contributed by atoms with Crippen molar-refractivity contribution < 1.29 is 4.74 Å². The summed E-state index contributed by atoms with van der Waals surface area (Å²) >= 11 is 5.79. The van der Waals surface area contributed by atoms with E-state index in [1.165, 1.54) is 5.56 Å². The third-order valence-electron chi connectivity index (χ3n) is 2.66. The Balaban J connectivity index is 2.41. The molecule has 18 heavy (non-hydrogen) atoms. The zero-order chi connectivity index (χ0) is 13.1. The summed E-state index contributed by atoms with van der Waals surface area (Å²) in [5, 5.41) is 1.78. The van der Waals surface area contributed by atoms with E-state index in [4.69, 9.17) is 16.3 Å². The molecule has 0 fully saturated rings. The Morgan fingerprint density at radius 3 is 2.83 bits per heavy atom. The number of pyridine rings is 1. The van der Waals surface area contributed by atoms with Crippen LogP contribution < -0.4 is 4.74 Å². The largest absolute Gasteiger partial charge is 0.489 e. The monoisotopic (exact) mass is 261 g/mol. The Morgan fingerprint density at radius 2 is 2.11 bits per heavy atom. The van der Waals surface area contributed by atoms with Gasteiger partial charge in [-0.1, -0.05) is 23.2 Å². The first-order chi connectivity index (χ1) is 8.56. The van der Waals surface area contributed by atoms with Crippen LogP contribution in [0, 0.1) is 13.8 Å². The highest BCUT2D eigenvalue weighted by Gasteiger charge is 2.05. The van der Waals surface area contributed by atoms with Gasteiger partial charge < -0.3 is 4.74 Å². The lowest BCUT2D eigenvalue weighted by molar-refractivity contribution is 0.366. The van der Waals surface area contributed by atoms with Gasteiger partial charge >= 0.3 is 0 Å². The zero-order valence-corrected chi connectivity index (χ0v) is 11.6. The van der Waals surface area contributed by atoms with E-state index in [-0.39, 0.29) is 0 Å². The maximum atomic E-state index is 5.79. The summed E-state index contributed by atoms with van der Waals surface area (Å²) < 4.78 is 5.77. The van der Waals surface area contributed by atoms with E-state index in [0.717, 1.165) is 27.4 Å². The fourth-order valence-electron chi connectivity index (χ4n) is 1.80. The lowest BCUT2D eigenvalue weighted by atomic mass is 10.1. The van der Waals surface area contributed by atoms with Crippen molar-refractivity contribution in [1.29, 1.82) is 0 Å². The Bertz CT molecular complexity index is 601. The molecule has 0 saturated heterocycles. The third-order valence-corrected chi connectivity index (χ3v) is 2.81. The molecular weight excluding hydrogens is 246 g/mol. The van der Waals surface area contributed by atoms with Gasteiger partial charge in [-0.25, -0.2) is 0 Å². The highest BCUT2D eigenvalue weighted by atomic mass is 35.5. The van der Waals surface area contributed by atoms with Crippen LogP contribution >= 0.6 is 11.6 Å². The zero-order valence-electron chi connectivity index (χ0n) is 10.8. The van der Waals surface area contributed by atoms with Crippen LogP contribution in [0.4, 0.5) is 0 Å². The Morgan fingerprint density at radius 1 is 1.33 bits per heavy atom. The fourth-order valence-corrected chi connectivity index (χ4v) is 1.86. The maximum Gasteiger partial charge on any atom is 0.130 e. The van der Waals surface area contributed by atoms with Gasteiger partial charge in [0.05, 0.1) is 5.52 Å². The van der Waals surface area contributed by atoms with E-state index in [2.05, 4.69) is 24.0 Å². The number of nitrogens with zero attached hydrogens (tertiary/aromatic N) is 1. The minimum Gasteiger partial charge on any atom is -0.489 e. The van der Waals surface area contributed by atoms with E-state index in [1.807, 2.05) is 32.1 Å². The Kier molecular flexibility index (Phi) is 3.87. The van der Waals surface area contributed by atoms with Gasteiger partial charge in [-0.3, -0.25) is 4.98 Å². The molecule has 0 aliphatic rings. The topological polar surface area (TPSA) is 22.1 Å². The van der Waals surface area contributed by atoms with Gasteiger partial charge in [0.15, 0.2) is 0 Å². The van der Waals surface area contributed by atoms with Gasteiger partial charge in [0.1, 0.15) is 12.4 Å². The van der Waals surface area contributed by atoms with Crippen molar-refractivity contribution in [2.24, 2.45) is 0 Å². The number of aryl methyl sites for hydroxylation is 2. The van der Waals surface area contributed by atoms with Crippen LogP contribution in [0.5, 0.6) is 5.75 Å². The van der Waals surface area contributed by atoms with Crippen LogP contribution in [0.2, 0.25) is 0 Å². The summed E-state index contributed by atoms with van der Waals surface area (Å²) in [4.78, 5) is 4.50. The van der Waals surface area contributed by atoms with Gasteiger partial charge in [0.2, 0.25) is 0 Å². The summed E-state index contributed by atoms with van der Waals surface area (Å²) in [5.41, 5.74) is 3.11. The molecule has 1 aromatic carbocycles. The minimum absolute atomic E-state index is 0.474. The molecule has 0 unspecified atom stereocenters. The number of rotatable bonds is 3. The van der Waals surface area contributed by atoms with Gasteiger partial charge in [-0.2, -0.15) is 0 Å². The normalized spacial score (nSPS) is 11.9. The highest BCUT2D eigenvalue weighted by Crippen LogP contribution is 2.26. The van der Waals surface area contributed by atoms with Crippen LogP contribution in [0.15, 0.2) is 35.4 Å². The van der Waals surface area contributed by atoms with Crippen molar-refractivity contribution in [3.05, 3.63) is 46.6 Å². The predicted octanol–water partition coefficient (Wildman–Crippen LogP) is 4.37. The molecule has 94 valence electrons. The van der Waals surface area contributed by atoms with Crippen molar-refractivity contribution in [3.63, 3.8) is 0 Å². The molecule has 0 bridgehead atoms. The second-order valence-electron chi connectivity index (χ2n) is 4.38. The van der Waals surface area contributed by atoms with Crippen molar-refractivity contribution in [1.82, 2.24) is 4.98 Å². The molecule has 1 aromatic heterocycles. The first kappa shape index (κ1) is 12.9. The number of aromatic nitrogens is 1. The van der Waals surface area contributed by atoms with Gasteiger partial charge in [0.25, 0.3) is 0 Å². The molecule has 0 aliphatic heterocycles. The first-order valence-electron chi connectivity index (χ1n) is 5.89. The van der Waals surface area contributed by atoms with E-state index < -0.39 is 0 Å². The van der Waals surface area contributed by atoms with Crippen molar-refractivity contribution >= 4 is 22.5 Å². The standard InChI is InChI=1S/C15H16ClNO/c1-10-4-5-14-13(8-10)15(9-12(3)17-14)18-7-6-11(2)16/h4-6,8-9H,7H2,1-3H3. The average molecular weight is 262 g/mol. The van der Waals surface area contributed by atoms with Crippen LogP contribution in [-0.2, 0) is 0 Å². The summed E-state index contributed by atoms with van der Waals surface area (Å²) in [6.45, 7) is 6.34. The molecular formula is C15H16ClNO. The van der Waals surface area contributed by atoms with Crippen LogP contribution in [0.25, 0.3) is 10.9 Å². The molecule has 0 spiro atoms. The number of hydrogen-bond acceptors (Lipinski definition) is 2. The average Bonchev–Trinajstić information content (AvgIpc) is 2.29. The fraction of sp³-hybridized carbons (Fsp3) is 0.267. The van der Waals surface area contributed by atoms with Crippen molar-refractivity contribution in [2.45, 2.75) is 20.8 Å². The van der Waals surface area contributed by atoms with Crippen molar-refractivity contribution in [3.8, 4) is 5.75 Å². The summed E-state index contributed by atoms with van der Waals surface area (Å²) in [5.74, 6) is 0.857. The molecule has 0 atom stereocenters. The lowest BCUT2D eigenvalue weighted by Gasteiger charge is -2.09. The number of ether oxygens (including phenoxy) is 1. The molecule has 0 N–H and O–H groups in total.